The van der Waals surface area contributed by atoms with E-state index >= 15 is 0 Å². The third-order valence-electron chi connectivity index (χ3n) is 4.43. The summed E-state index contributed by atoms with van der Waals surface area (Å²) >= 11 is 0. The van der Waals surface area contributed by atoms with Gasteiger partial charge in [-0.1, -0.05) is 0 Å². The fourth-order valence-corrected chi connectivity index (χ4v) is 3.01. The molecule has 0 saturated carbocycles. The first kappa shape index (κ1) is 12.3. The first-order chi connectivity index (χ1) is 7.62. The highest BCUT2D eigenvalue weighted by atomic mass is 16.5. The van der Waals surface area contributed by atoms with Crippen LogP contribution in [0.3, 0.4) is 0 Å². The maximum absolute atomic E-state index is 10.8. The third kappa shape index (κ3) is 1.99. The molecule has 0 aromatic carbocycles. The Hall–Kier alpha value is -0.160. The zero-order chi connectivity index (χ0) is 11.6. The Kier molecular flexibility index (Phi) is 3.54. The molecule has 0 radical (unpaired) electrons. The number of likely N-dealkylation sites (tertiary alicyclic amines) is 1. The van der Waals surface area contributed by atoms with Crippen LogP contribution >= 0.6 is 0 Å². The summed E-state index contributed by atoms with van der Waals surface area (Å²) in [5, 5.41) is 20.5. The third-order valence-corrected chi connectivity index (χ3v) is 4.43. The number of aliphatic hydroxyl groups excluding tert-OH is 1. The van der Waals surface area contributed by atoms with Crippen LogP contribution in [0.1, 0.15) is 25.7 Å². The summed E-state index contributed by atoms with van der Waals surface area (Å²) in [5.41, 5.74) is -1.17. The van der Waals surface area contributed by atoms with Crippen molar-refractivity contribution in [1.82, 2.24) is 4.90 Å². The van der Waals surface area contributed by atoms with Gasteiger partial charge in [-0.05, 0) is 32.7 Å². The minimum atomic E-state index is -0.741. The van der Waals surface area contributed by atoms with Gasteiger partial charge in [0.25, 0.3) is 0 Å². The minimum absolute atomic E-state index is 0.0349. The van der Waals surface area contributed by atoms with Gasteiger partial charge in [0.1, 0.15) is 0 Å². The number of hydrogen-bond donors (Lipinski definition) is 2. The van der Waals surface area contributed by atoms with Crippen LogP contribution in [0.2, 0.25) is 0 Å². The van der Waals surface area contributed by atoms with Crippen molar-refractivity contribution in [3.05, 3.63) is 0 Å². The van der Waals surface area contributed by atoms with Crippen LogP contribution in [0.15, 0.2) is 0 Å². The maximum atomic E-state index is 10.8. The first-order valence-corrected chi connectivity index (χ1v) is 6.21. The van der Waals surface area contributed by atoms with E-state index in [2.05, 4.69) is 11.9 Å². The highest BCUT2D eigenvalue weighted by molar-refractivity contribution is 5.02. The molecule has 0 bridgehead atoms. The Labute approximate surface area is 97.2 Å². The molecule has 16 heavy (non-hydrogen) atoms. The molecule has 2 aliphatic rings. The number of ether oxygens (including phenoxy) is 1. The van der Waals surface area contributed by atoms with Gasteiger partial charge in [-0.3, -0.25) is 0 Å². The fraction of sp³-hybridized carbons (Fsp3) is 1.00. The fourth-order valence-electron chi connectivity index (χ4n) is 3.01. The molecule has 4 nitrogen and oxygen atoms in total. The van der Waals surface area contributed by atoms with Crippen molar-refractivity contribution >= 4 is 0 Å². The summed E-state index contributed by atoms with van der Waals surface area (Å²) in [7, 11) is 2.07. The molecule has 2 rings (SSSR count). The normalized spacial score (nSPS) is 36.2. The first-order valence-electron chi connectivity index (χ1n) is 6.21. The molecule has 2 aliphatic heterocycles. The van der Waals surface area contributed by atoms with Crippen LogP contribution in [0.4, 0.5) is 0 Å². The molecule has 2 heterocycles. The molecule has 0 aromatic rings. The predicted molar refractivity (Wildman–Crippen MR) is 61.3 cm³/mol. The van der Waals surface area contributed by atoms with Gasteiger partial charge >= 0.3 is 0 Å². The lowest BCUT2D eigenvalue weighted by Crippen LogP contribution is -2.59. The van der Waals surface area contributed by atoms with E-state index in [0.717, 1.165) is 45.4 Å². The Morgan fingerprint density at radius 2 is 1.94 bits per heavy atom. The largest absolute Gasteiger partial charge is 0.396 e. The molecule has 1 unspecified atom stereocenters. The molecule has 94 valence electrons. The zero-order valence-corrected chi connectivity index (χ0v) is 10.1. The second-order valence-corrected chi connectivity index (χ2v) is 5.43. The van der Waals surface area contributed by atoms with Gasteiger partial charge < -0.3 is 19.8 Å². The van der Waals surface area contributed by atoms with Crippen molar-refractivity contribution in [3.8, 4) is 0 Å². The SMILES string of the molecule is CN1CCC(O)(C2(CO)CCCOC2)CC1. The molecule has 0 aliphatic carbocycles. The highest BCUT2D eigenvalue weighted by Crippen LogP contribution is 2.44. The van der Waals surface area contributed by atoms with E-state index in [0.29, 0.717) is 6.61 Å². The van der Waals surface area contributed by atoms with Crippen LogP contribution in [-0.4, -0.2) is 60.7 Å². The van der Waals surface area contributed by atoms with E-state index in [4.69, 9.17) is 4.74 Å². The minimum Gasteiger partial charge on any atom is -0.396 e. The van der Waals surface area contributed by atoms with Gasteiger partial charge in [0.15, 0.2) is 0 Å². The van der Waals surface area contributed by atoms with Crippen molar-refractivity contribution < 1.29 is 14.9 Å². The number of rotatable bonds is 2. The Bertz CT molecular complexity index is 230. The number of aliphatic hydroxyl groups is 2. The standard InChI is InChI=1S/C12H23NO3/c1-13-6-4-12(15,5-7-13)11(9-14)3-2-8-16-10-11/h14-15H,2-10H2,1H3. The molecule has 2 saturated heterocycles. The number of hydrogen-bond acceptors (Lipinski definition) is 4. The summed E-state index contributed by atoms with van der Waals surface area (Å²) in [6, 6.07) is 0. The van der Waals surface area contributed by atoms with Crippen molar-refractivity contribution in [2.75, 3.05) is 40.0 Å². The molecule has 4 heteroatoms. The van der Waals surface area contributed by atoms with E-state index in [1.165, 1.54) is 0 Å². The predicted octanol–water partition coefficient (Wildman–Crippen LogP) is 0.232. The Morgan fingerprint density at radius 1 is 1.25 bits per heavy atom. The van der Waals surface area contributed by atoms with Crippen molar-refractivity contribution in [2.45, 2.75) is 31.3 Å². The second-order valence-electron chi connectivity index (χ2n) is 5.43. The molecule has 1 atom stereocenters. The quantitative estimate of drug-likeness (QED) is 0.712. The van der Waals surface area contributed by atoms with Crippen molar-refractivity contribution in [3.63, 3.8) is 0 Å². The average molecular weight is 229 g/mol. The van der Waals surface area contributed by atoms with E-state index in [-0.39, 0.29) is 6.61 Å². The molecule has 2 N–H and O–H groups in total. The summed E-state index contributed by atoms with van der Waals surface area (Å²) in [6.07, 6.45) is 3.31. The van der Waals surface area contributed by atoms with Crippen molar-refractivity contribution in [1.29, 1.82) is 0 Å². The molecular weight excluding hydrogens is 206 g/mol. The van der Waals surface area contributed by atoms with Crippen LogP contribution in [0.25, 0.3) is 0 Å². The summed E-state index contributed by atoms with van der Waals surface area (Å²) in [6.45, 7) is 3.10. The topological polar surface area (TPSA) is 52.9 Å². The second kappa shape index (κ2) is 4.61. The van der Waals surface area contributed by atoms with Gasteiger partial charge in [0, 0.05) is 25.1 Å². The van der Waals surface area contributed by atoms with Crippen LogP contribution in [0.5, 0.6) is 0 Å². The van der Waals surface area contributed by atoms with Gasteiger partial charge in [-0.15, -0.1) is 0 Å². The number of piperidine rings is 1. The lowest BCUT2D eigenvalue weighted by atomic mass is 9.65. The lowest BCUT2D eigenvalue weighted by Gasteiger charge is -2.51. The van der Waals surface area contributed by atoms with Gasteiger partial charge in [0.05, 0.1) is 18.8 Å². The molecule has 0 amide bonds. The van der Waals surface area contributed by atoms with Crippen molar-refractivity contribution in [2.24, 2.45) is 5.41 Å². The lowest BCUT2D eigenvalue weighted by molar-refractivity contribution is -0.185. The van der Waals surface area contributed by atoms with E-state index < -0.39 is 11.0 Å². The van der Waals surface area contributed by atoms with Gasteiger partial charge in [-0.25, -0.2) is 0 Å². The number of nitrogens with zero attached hydrogens (tertiary/aromatic N) is 1. The van der Waals surface area contributed by atoms with E-state index in [1.807, 2.05) is 0 Å². The monoisotopic (exact) mass is 229 g/mol. The Morgan fingerprint density at radius 3 is 2.44 bits per heavy atom. The maximum Gasteiger partial charge on any atom is 0.0772 e. The van der Waals surface area contributed by atoms with Crippen LogP contribution in [0, 0.1) is 5.41 Å². The summed E-state index contributed by atoms with van der Waals surface area (Å²) in [5.74, 6) is 0. The smallest absolute Gasteiger partial charge is 0.0772 e. The van der Waals surface area contributed by atoms with Crippen LogP contribution < -0.4 is 0 Å². The van der Waals surface area contributed by atoms with Crippen LogP contribution in [-0.2, 0) is 4.74 Å². The molecule has 0 spiro atoms. The van der Waals surface area contributed by atoms with Gasteiger partial charge in [0.2, 0.25) is 0 Å². The summed E-state index contributed by atoms with van der Waals surface area (Å²) in [4.78, 5) is 2.23. The summed E-state index contributed by atoms with van der Waals surface area (Å²) < 4.78 is 5.49. The Balaban J connectivity index is 2.12. The average Bonchev–Trinajstić information content (AvgIpc) is 2.34. The van der Waals surface area contributed by atoms with Gasteiger partial charge in [-0.2, -0.15) is 0 Å². The zero-order valence-electron chi connectivity index (χ0n) is 10.1. The molecule has 2 fully saturated rings. The van der Waals surface area contributed by atoms with E-state index in [1.54, 1.807) is 0 Å². The highest BCUT2D eigenvalue weighted by Gasteiger charge is 2.51. The molecule has 0 aromatic heterocycles. The van der Waals surface area contributed by atoms with E-state index in [9.17, 15) is 10.2 Å². The molecular formula is C12H23NO3.